The highest BCUT2D eigenvalue weighted by atomic mass is 16.1. The molecule has 1 rings (SSSR count). The fourth-order valence-electron chi connectivity index (χ4n) is 0.497. The first kappa shape index (κ1) is 6.61. The molecule has 50 valence electrons. The fraction of sp³-hybridized carbons (Fsp3) is 0. The number of carbonyl (C=O) groups is 1. The van der Waals surface area contributed by atoms with Gasteiger partial charge in [0.2, 0.25) is 0 Å². The third-order valence-corrected chi connectivity index (χ3v) is 0.913. The van der Waals surface area contributed by atoms with Crippen molar-refractivity contribution in [3.8, 4) is 0 Å². The lowest BCUT2D eigenvalue weighted by molar-refractivity contribution is -0.102. The Morgan fingerprint density at radius 3 is 3.00 bits per heavy atom. The van der Waals surface area contributed by atoms with Crippen molar-refractivity contribution in [1.29, 1.82) is 0 Å². The van der Waals surface area contributed by atoms with Crippen LogP contribution in [0.1, 0.15) is 0 Å². The molecule has 1 aliphatic heterocycles. The maximum atomic E-state index is 10.1. The zero-order valence-corrected chi connectivity index (χ0v) is 5.27. The molecule has 0 unspecified atom stereocenters. The lowest BCUT2D eigenvalue weighted by Crippen LogP contribution is -1.94. The largest absolute Gasteiger partial charge is 0.294 e. The second-order valence-electron chi connectivity index (χ2n) is 1.61. The van der Waals surface area contributed by atoms with E-state index in [9.17, 15) is 4.79 Å². The first-order chi connectivity index (χ1) is 4.93. The Kier molecular flexibility index (Phi) is 2.31. The molecule has 0 aromatic rings. The summed E-state index contributed by atoms with van der Waals surface area (Å²) in [5, 5.41) is 0. The van der Waals surface area contributed by atoms with Gasteiger partial charge in [0.05, 0.1) is 0 Å². The van der Waals surface area contributed by atoms with Gasteiger partial charge in [-0.1, -0.05) is 6.08 Å². The lowest BCUT2D eigenvalue weighted by atomic mass is 10.5. The van der Waals surface area contributed by atoms with Crippen LogP contribution in [0.4, 0.5) is 0 Å². The number of carbonyl (C=O) groups excluding carboxylic acids is 1. The number of nitrogens with zero attached hydrogens (tertiary/aromatic N) is 2. The Balaban J connectivity index is 2.82. The summed E-state index contributed by atoms with van der Waals surface area (Å²) in [6.45, 7) is 0. The van der Waals surface area contributed by atoms with E-state index in [-0.39, 0.29) is 5.84 Å². The standard InChI is InChI=1S/C7H6N2O/c10-6-7-8-4-2-1-3-5-9-7/h1-6H. The molecule has 0 amide bonds. The van der Waals surface area contributed by atoms with Gasteiger partial charge in [0, 0.05) is 12.4 Å². The van der Waals surface area contributed by atoms with Crippen LogP contribution in [0.3, 0.4) is 0 Å². The van der Waals surface area contributed by atoms with Gasteiger partial charge in [-0.05, 0) is 12.2 Å². The van der Waals surface area contributed by atoms with Crippen molar-refractivity contribution in [2.45, 2.75) is 0 Å². The summed E-state index contributed by atoms with van der Waals surface area (Å²) < 4.78 is 0. The van der Waals surface area contributed by atoms with Gasteiger partial charge in [-0.2, -0.15) is 0 Å². The van der Waals surface area contributed by atoms with E-state index in [0.29, 0.717) is 6.29 Å². The number of hydrogen-bond acceptors (Lipinski definition) is 3. The zero-order chi connectivity index (χ0) is 7.23. The van der Waals surface area contributed by atoms with Gasteiger partial charge in [0.15, 0.2) is 12.1 Å². The summed E-state index contributed by atoms with van der Waals surface area (Å²) in [5.74, 6) is 0.195. The number of aldehydes is 1. The van der Waals surface area contributed by atoms with Crippen LogP contribution in [-0.2, 0) is 4.79 Å². The van der Waals surface area contributed by atoms with E-state index in [1.807, 2.05) is 0 Å². The van der Waals surface area contributed by atoms with Crippen molar-refractivity contribution in [2.24, 2.45) is 9.98 Å². The van der Waals surface area contributed by atoms with Crippen LogP contribution in [0.5, 0.6) is 0 Å². The second-order valence-corrected chi connectivity index (χ2v) is 1.61. The van der Waals surface area contributed by atoms with E-state index in [4.69, 9.17) is 0 Å². The molecule has 0 bridgehead atoms. The van der Waals surface area contributed by atoms with Crippen LogP contribution >= 0.6 is 0 Å². The van der Waals surface area contributed by atoms with E-state index in [2.05, 4.69) is 9.98 Å². The number of allylic oxidation sites excluding steroid dienone is 3. The Morgan fingerprint density at radius 2 is 2.20 bits per heavy atom. The van der Waals surface area contributed by atoms with Gasteiger partial charge in [-0.25, -0.2) is 9.98 Å². The SMILES string of the molecule is O=CC1=NC=CC=CC=N1. The van der Waals surface area contributed by atoms with Gasteiger partial charge in [-0.3, -0.25) is 4.79 Å². The summed E-state index contributed by atoms with van der Waals surface area (Å²) in [7, 11) is 0. The zero-order valence-electron chi connectivity index (χ0n) is 5.27. The molecule has 0 spiro atoms. The Labute approximate surface area is 58.5 Å². The number of amidine groups is 1. The van der Waals surface area contributed by atoms with Gasteiger partial charge in [0.25, 0.3) is 0 Å². The number of rotatable bonds is 1. The lowest BCUT2D eigenvalue weighted by Gasteiger charge is -1.86. The van der Waals surface area contributed by atoms with Crippen LogP contribution in [0.25, 0.3) is 0 Å². The van der Waals surface area contributed by atoms with E-state index < -0.39 is 0 Å². The minimum Gasteiger partial charge on any atom is -0.294 e. The summed E-state index contributed by atoms with van der Waals surface area (Å²) in [5.41, 5.74) is 0. The van der Waals surface area contributed by atoms with Crippen molar-refractivity contribution < 1.29 is 4.79 Å². The minimum absolute atomic E-state index is 0.195. The molecule has 10 heavy (non-hydrogen) atoms. The van der Waals surface area contributed by atoms with E-state index >= 15 is 0 Å². The number of aliphatic imine (C=N–C) groups is 2. The molecule has 0 aromatic carbocycles. The first-order valence-electron chi connectivity index (χ1n) is 2.82. The molecule has 0 radical (unpaired) electrons. The predicted molar refractivity (Wildman–Crippen MR) is 40.3 cm³/mol. The Bertz CT molecular complexity index is 236. The van der Waals surface area contributed by atoms with Crippen LogP contribution in [0.15, 0.2) is 34.4 Å². The quantitative estimate of drug-likeness (QED) is 0.487. The summed E-state index contributed by atoms with van der Waals surface area (Å²) >= 11 is 0. The molecule has 0 aliphatic carbocycles. The highest BCUT2D eigenvalue weighted by molar-refractivity contribution is 6.29. The van der Waals surface area contributed by atoms with Crippen LogP contribution in [-0.4, -0.2) is 18.3 Å². The third-order valence-electron chi connectivity index (χ3n) is 0.913. The maximum Gasteiger partial charge on any atom is 0.192 e. The summed E-state index contributed by atoms with van der Waals surface area (Å²) in [4.78, 5) is 17.6. The maximum absolute atomic E-state index is 10.1. The molecule has 0 aromatic heterocycles. The second kappa shape index (κ2) is 3.50. The van der Waals surface area contributed by atoms with Crippen molar-refractivity contribution in [1.82, 2.24) is 0 Å². The highest BCUT2D eigenvalue weighted by Crippen LogP contribution is 1.85. The van der Waals surface area contributed by atoms with Crippen LogP contribution in [0.2, 0.25) is 0 Å². The highest BCUT2D eigenvalue weighted by Gasteiger charge is 1.87. The third kappa shape index (κ3) is 1.78. The first-order valence-corrected chi connectivity index (χ1v) is 2.82. The average molecular weight is 134 g/mol. The molecule has 3 nitrogen and oxygen atoms in total. The fourth-order valence-corrected chi connectivity index (χ4v) is 0.497. The average Bonchev–Trinajstić information content (AvgIpc) is 1.87. The van der Waals surface area contributed by atoms with E-state index in [1.165, 1.54) is 12.4 Å². The number of hydrogen-bond donors (Lipinski definition) is 0. The van der Waals surface area contributed by atoms with Gasteiger partial charge in [-0.15, -0.1) is 0 Å². The van der Waals surface area contributed by atoms with Crippen LogP contribution < -0.4 is 0 Å². The molecule has 1 aliphatic rings. The summed E-state index contributed by atoms with van der Waals surface area (Å²) in [6.07, 6.45) is 8.91. The Morgan fingerprint density at radius 1 is 1.30 bits per heavy atom. The Hall–Kier alpha value is -1.51. The predicted octanol–water partition coefficient (Wildman–Crippen LogP) is 0.738. The van der Waals surface area contributed by atoms with E-state index in [0.717, 1.165) is 0 Å². The van der Waals surface area contributed by atoms with Gasteiger partial charge in [0.1, 0.15) is 0 Å². The normalized spacial score (nSPS) is 15.8. The molecular weight excluding hydrogens is 128 g/mol. The molecule has 0 fully saturated rings. The molecule has 0 atom stereocenters. The molecular formula is C7H6N2O. The van der Waals surface area contributed by atoms with E-state index in [1.54, 1.807) is 18.2 Å². The summed E-state index contributed by atoms with van der Waals surface area (Å²) in [6, 6.07) is 0. The van der Waals surface area contributed by atoms with Crippen LogP contribution in [0, 0.1) is 0 Å². The molecule has 0 saturated heterocycles. The van der Waals surface area contributed by atoms with Crippen molar-refractivity contribution >= 4 is 18.3 Å². The molecule has 0 saturated carbocycles. The molecule has 1 heterocycles. The minimum atomic E-state index is 0.195. The van der Waals surface area contributed by atoms with Gasteiger partial charge >= 0.3 is 0 Å². The van der Waals surface area contributed by atoms with Crippen molar-refractivity contribution in [2.75, 3.05) is 0 Å². The monoisotopic (exact) mass is 134 g/mol. The molecule has 3 heteroatoms. The molecule has 0 N–H and O–H groups in total. The topological polar surface area (TPSA) is 41.8 Å². The van der Waals surface area contributed by atoms with Gasteiger partial charge < -0.3 is 0 Å². The smallest absolute Gasteiger partial charge is 0.192 e. The van der Waals surface area contributed by atoms with Crippen molar-refractivity contribution in [3.05, 3.63) is 24.4 Å². The van der Waals surface area contributed by atoms with Crippen molar-refractivity contribution in [3.63, 3.8) is 0 Å².